The van der Waals surface area contributed by atoms with Gasteiger partial charge in [-0.3, -0.25) is 4.98 Å². The molecular weight excluding hydrogens is 249 g/mol. The topological polar surface area (TPSA) is 90.7 Å². The molecule has 0 bridgehead atoms. The molecule has 0 fully saturated rings. The molecule has 2 N–H and O–H groups in total. The van der Waals surface area contributed by atoms with Gasteiger partial charge in [0.25, 0.3) is 5.89 Å². The first-order valence-electron chi connectivity index (χ1n) is 5.39. The second-order valence-electron chi connectivity index (χ2n) is 3.75. The van der Waals surface area contributed by atoms with E-state index in [1.54, 1.807) is 6.20 Å². The molecule has 0 saturated carbocycles. The Kier molecular flexibility index (Phi) is 2.64. The Morgan fingerprint density at radius 1 is 1.21 bits per heavy atom. The number of nitrogens with zero attached hydrogens (tertiary/aromatic N) is 4. The normalized spacial score (nSPS) is 10.6. The number of aromatic nitrogens is 4. The molecule has 0 aliphatic heterocycles. The molecule has 3 rings (SSSR count). The molecule has 2 aromatic heterocycles. The summed E-state index contributed by atoms with van der Waals surface area (Å²) in [5.41, 5.74) is 6.90. The van der Waals surface area contributed by atoms with Crippen molar-refractivity contribution in [2.24, 2.45) is 0 Å². The molecule has 0 radical (unpaired) electrons. The van der Waals surface area contributed by atoms with E-state index in [4.69, 9.17) is 10.3 Å². The van der Waals surface area contributed by atoms with Crippen molar-refractivity contribution in [2.75, 3.05) is 5.73 Å². The maximum Gasteiger partial charge on any atom is 0.260 e. The van der Waals surface area contributed by atoms with Crippen LogP contribution in [0.3, 0.4) is 0 Å². The van der Waals surface area contributed by atoms with E-state index in [0.717, 1.165) is 0 Å². The van der Waals surface area contributed by atoms with Crippen LogP contribution in [-0.4, -0.2) is 20.1 Å². The quantitative estimate of drug-likeness (QED) is 0.705. The first-order chi connectivity index (χ1) is 9.24. The van der Waals surface area contributed by atoms with Crippen molar-refractivity contribution in [2.45, 2.75) is 0 Å². The Hall–Kier alpha value is -2.83. The molecule has 0 spiro atoms. The molecule has 2 heterocycles. The average Bonchev–Trinajstić information content (AvgIpc) is 2.89. The Morgan fingerprint density at radius 2 is 2.11 bits per heavy atom. The van der Waals surface area contributed by atoms with Gasteiger partial charge in [-0.2, -0.15) is 4.98 Å². The summed E-state index contributed by atoms with van der Waals surface area (Å²) in [6.45, 7) is 0. The third kappa shape index (κ3) is 2.13. The molecule has 0 amide bonds. The number of halogens is 1. The monoisotopic (exact) mass is 257 g/mol. The van der Waals surface area contributed by atoms with Crippen LogP contribution in [0.2, 0.25) is 0 Å². The average molecular weight is 257 g/mol. The zero-order valence-electron chi connectivity index (χ0n) is 9.62. The fourth-order valence-corrected chi connectivity index (χ4v) is 1.58. The fraction of sp³-hybridized carbons (Fsp3) is 0. The van der Waals surface area contributed by atoms with Crippen LogP contribution >= 0.6 is 0 Å². The van der Waals surface area contributed by atoms with Crippen LogP contribution in [0.5, 0.6) is 0 Å². The first kappa shape index (κ1) is 11.3. The minimum Gasteiger partial charge on any atom is -0.398 e. The molecule has 7 heteroatoms. The van der Waals surface area contributed by atoms with Crippen molar-refractivity contribution in [3.63, 3.8) is 0 Å². The van der Waals surface area contributed by atoms with Crippen LogP contribution in [-0.2, 0) is 0 Å². The Labute approximate surface area is 107 Å². The van der Waals surface area contributed by atoms with Crippen molar-refractivity contribution >= 4 is 5.69 Å². The fourth-order valence-electron chi connectivity index (χ4n) is 1.58. The summed E-state index contributed by atoms with van der Waals surface area (Å²) in [4.78, 5) is 12.1. The van der Waals surface area contributed by atoms with Crippen molar-refractivity contribution in [3.05, 3.63) is 42.6 Å². The SMILES string of the molecule is Nc1cc(F)ccc1-c1nc(-c2cnccn2)no1. The van der Waals surface area contributed by atoms with Gasteiger partial charge in [-0.15, -0.1) is 0 Å². The minimum absolute atomic E-state index is 0.207. The van der Waals surface area contributed by atoms with Gasteiger partial charge in [0.05, 0.1) is 11.8 Å². The number of anilines is 1. The summed E-state index contributed by atoms with van der Waals surface area (Å²) in [6.07, 6.45) is 4.59. The van der Waals surface area contributed by atoms with E-state index in [9.17, 15) is 4.39 Å². The van der Waals surface area contributed by atoms with Crippen molar-refractivity contribution in [3.8, 4) is 23.0 Å². The maximum absolute atomic E-state index is 13.0. The molecule has 0 saturated heterocycles. The van der Waals surface area contributed by atoms with E-state index >= 15 is 0 Å². The number of hydrogen-bond donors (Lipinski definition) is 1. The first-order valence-corrected chi connectivity index (χ1v) is 5.39. The Balaban J connectivity index is 2.02. The Bertz CT molecular complexity index is 713. The van der Waals surface area contributed by atoms with Gasteiger partial charge < -0.3 is 10.3 Å². The maximum atomic E-state index is 13.0. The summed E-state index contributed by atoms with van der Waals surface area (Å²) >= 11 is 0. The molecule has 0 unspecified atom stereocenters. The summed E-state index contributed by atoms with van der Waals surface area (Å²) < 4.78 is 18.1. The number of hydrogen-bond acceptors (Lipinski definition) is 6. The van der Waals surface area contributed by atoms with E-state index in [0.29, 0.717) is 17.1 Å². The van der Waals surface area contributed by atoms with E-state index < -0.39 is 5.82 Å². The standard InChI is InChI=1S/C12H8FN5O/c13-7-1-2-8(9(14)5-7)12-17-11(18-19-12)10-6-15-3-4-16-10/h1-6H,14H2. The van der Waals surface area contributed by atoms with Gasteiger partial charge >= 0.3 is 0 Å². The van der Waals surface area contributed by atoms with Gasteiger partial charge in [-0.1, -0.05) is 5.16 Å². The zero-order chi connectivity index (χ0) is 13.2. The number of nitrogens with two attached hydrogens (primary N) is 1. The lowest BCUT2D eigenvalue weighted by atomic mass is 10.2. The third-order valence-electron chi connectivity index (χ3n) is 2.46. The second kappa shape index (κ2) is 4.45. The largest absolute Gasteiger partial charge is 0.398 e. The number of nitrogen functional groups attached to an aromatic ring is 1. The van der Waals surface area contributed by atoms with Gasteiger partial charge in [0, 0.05) is 18.1 Å². The van der Waals surface area contributed by atoms with Crippen molar-refractivity contribution in [1.82, 2.24) is 20.1 Å². The van der Waals surface area contributed by atoms with Gasteiger partial charge in [0.2, 0.25) is 5.82 Å². The van der Waals surface area contributed by atoms with Crippen molar-refractivity contribution < 1.29 is 8.91 Å². The number of benzene rings is 1. The lowest BCUT2D eigenvalue weighted by Gasteiger charge is -1.99. The van der Waals surface area contributed by atoms with Crippen LogP contribution in [0.25, 0.3) is 23.0 Å². The predicted octanol–water partition coefficient (Wildman–Crippen LogP) is 1.91. The van der Waals surface area contributed by atoms with E-state index in [-0.39, 0.29) is 11.6 Å². The molecule has 19 heavy (non-hydrogen) atoms. The number of rotatable bonds is 2. The molecule has 6 nitrogen and oxygen atoms in total. The van der Waals surface area contributed by atoms with Gasteiger partial charge in [-0.05, 0) is 18.2 Å². The minimum atomic E-state index is -0.421. The molecule has 94 valence electrons. The highest BCUT2D eigenvalue weighted by Gasteiger charge is 2.14. The van der Waals surface area contributed by atoms with Gasteiger partial charge in [0.1, 0.15) is 11.5 Å². The molecule has 0 aliphatic rings. The van der Waals surface area contributed by atoms with Gasteiger partial charge in [0.15, 0.2) is 0 Å². The summed E-state index contributed by atoms with van der Waals surface area (Å²) in [5, 5.41) is 3.79. The van der Waals surface area contributed by atoms with E-state index in [1.165, 1.54) is 30.6 Å². The van der Waals surface area contributed by atoms with E-state index in [1.807, 2.05) is 0 Å². The smallest absolute Gasteiger partial charge is 0.260 e. The van der Waals surface area contributed by atoms with Crippen LogP contribution in [0.15, 0.2) is 41.3 Å². The zero-order valence-corrected chi connectivity index (χ0v) is 9.62. The van der Waals surface area contributed by atoms with Crippen LogP contribution < -0.4 is 5.73 Å². The predicted molar refractivity (Wildman–Crippen MR) is 65.1 cm³/mol. The second-order valence-corrected chi connectivity index (χ2v) is 3.75. The van der Waals surface area contributed by atoms with E-state index in [2.05, 4.69) is 20.1 Å². The molecular formula is C12H8FN5O. The highest BCUT2D eigenvalue weighted by atomic mass is 19.1. The van der Waals surface area contributed by atoms with Gasteiger partial charge in [-0.25, -0.2) is 9.37 Å². The molecule has 3 aromatic rings. The van der Waals surface area contributed by atoms with Crippen molar-refractivity contribution in [1.29, 1.82) is 0 Å². The lowest BCUT2D eigenvalue weighted by molar-refractivity contribution is 0.432. The van der Waals surface area contributed by atoms with Crippen LogP contribution in [0.4, 0.5) is 10.1 Å². The summed E-state index contributed by atoms with van der Waals surface area (Å²) in [6, 6.07) is 3.96. The Morgan fingerprint density at radius 3 is 2.84 bits per heavy atom. The summed E-state index contributed by atoms with van der Waals surface area (Å²) in [7, 11) is 0. The van der Waals surface area contributed by atoms with Crippen LogP contribution in [0, 0.1) is 5.82 Å². The summed E-state index contributed by atoms with van der Waals surface area (Å²) in [5.74, 6) is 0.0832. The highest BCUT2D eigenvalue weighted by molar-refractivity contribution is 5.71. The highest BCUT2D eigenvalue weighted by Crippen LogP contribution is 2.26. The van der Waals surface area contributed by atoms with Crippen LogP contribution in [0.1, 0.15) is 0 Å². The third-order valence-corrected chi connectivity index (χ3v) is 2.46. The molecule has 1 aromatic carbocycles. The molecule has 0 aliphatic carbocycles. The lowest BCUT2D eigenvalue weighted by Crippen LogP contribution is -1.91. The molecule has 0 atom stereocenters.